The third-order valence-electron chi connectivity index (χ3n) is 9.24. The maximum absolute atomic E-state index is 13.3. The Labute approximate surface area is 303 Å². The molecule has 12 heteroatoms. The Morgan fingerprint density at radius 3 is 1.42 bits per heavy atom. The van der Waals surface area contributed by atoms with Gasteiger partial charge in [0.1, 0.15) is 22.7 Å². The van der Waals surface area contributed by atoms with Crippen molar-refractivity contribution < 1.29 is 28.5 Å². The third kappa shape index (κ3) is 7.17. The zero-order valence-electron chi connectivity index (χ0n) is 30.5. The topological polar surface area (TPSA) is 109 Å². The van der Waals surface area contributed by atoms with Crippen molar-refractivity contribution >= 4 is 57.2 Å². The molecule has 6 rings (SSSR count). The van der Waals surface area contributed by atoms with Crippen molar-refractivity contribution in [3.63, 3.8) is 0 Å². The summed E-state index contributed by atoms with van der Waals surface area (Å²) >= 11 is 13.9. The van der Waals surface area contributed by atoms with Crippen LogP contribution in [0.3, 0.4) is 0 Å². The van der Waals surface area contributed by atoms with Gasteiger partial charge < -0.3 is 28.9 Å². The van der Waals surface area contributed by atoms with E-state index in [1.54, 1.807) is 9.80 Å². The molecule has 0 radical (unpaired) electrons. The number of ether oxygens (including phenoxy) is 4. The van der Waals surface area contributed by atoms with Crippen LogP contribution in [0.1, 0.15) is 80.4 Å². The molecule has 0 saturated carbocycles. The van der Waals surface area contributed by atoms with Gasteiger partial charge in [-0.05, 0) is 117 Å². The van der Waals surface area contributed by atoms with E-state index in [-0.39, 0.29) is 12.1 Å². The van der Waals surface area contributed by atoms with Crippen molar-refractivity contribution in [1.82, 2.24) is 19.8 Å². The van der Waals surface area contributed by atoms with E-state index >= 15 is 0 Å². The Kier molecular flexibility index (Phi) is 9.20. The van der Waals surface area contributed by atoms with Gasteiger partial charge >= 0.3 is 12.2 Å². The summed E-state index contributed by atoms with van der Waals surface area (Å²) in [6, 6.07) is 7.46. The van der Waals surface area contributed by atoms with Gasteiger partial charge in [0.2, 0.25) is 0 Å². The number of rotatable bonds is 5. The van der Waals surface area contributed by atoms with Gasteiger partial charge in [0.05, 0.1) is 35.3 Å². The normalized spacial score (nSPS) is 20.6. The van der Waals surface area contributed by atoms with E-state index in [0.717, 1.165) is 44.1 Å². The molecule has 2 fully saturated rings. The van der Waals surface area contributed by atoms with Gasteiger partial charge in [-0.25, -0.2) is 9.59 Å². The summed E-state index contributed by atoms with van der Waals surface area (Å²) in [5.41, 5.74) is 2.47. The molecule has 2 aromatic carbocycles. The average Bonchev–Trinajstić information content (AvgIpc) is 3.70. The lowest BCUT2D eigenvalue weighted by Crippen LogP contribution is -2.50. The summed E-state index contributed by atoms with van der Waals surface area (Å²) < 4.78 is 23.7. The second kappa shape index (κ2) is 12.7. The van der Waals surface area contributed by atoms with Crippen LogP contribution in [0.4, 0.5) is 9.59 Å². The predicted octanol–water partition coefficient (Wildman–Crippen LogP) is 9.45. The number of amides is 2. The highest BCUT2D eigenvalue weighted by atomic mass is 35.5. The monoisotopic (exact) mass is 726 g/mol. The molecule has 2 saturated heterocycles. The second-order valence-corrected chi connectivity index (χ2v) is 17.1. The van der Waals surface area contributed by atoms with Gasteiger partial charge in [-0.3, -0.25) is 9.80 Å². The lowest BCUT2D eigenvalue weighted by molar-refractivity contribution is -0.0635. The van der Waals surface area contributed by atoms with E-state index in [4.69, 9.17) is 42.1 Å². The fourth-order valence-electron chi connectivity index (χ4n) is 7.09. The highest BCUT2D eigenvalue weighted by Gasteiger charge is 2.47. The first-order valence-corrected chi connectivity index (χ1v) is 17.8. The van der Waals surface area contributed by atoms with Gasteiger partial charge in [-0.2, -0.15) is 0 Å². The molecule has 0 bridgehead atoms. The van der Waals surface area contributed by atoms with E-state index in [1.165, 1.54) is 0 Å². The zero-order chi connectivity index (χ0) is 36.6. The van der Waals surface area contributed by atoms with Crippen LogP contribution in [-0.4, -0.2) is 79.9 Å². The van der Waals surface area contributed by atoms with E-state index in [9.17, 15) is 9.59 Å². The van der Waals surface area contributed by atoms with Crippen molar-refractivity contribution in [3.8, 4) is 11.1 Å². The highest BCUT2D eigenvalue weighted by molar-refractivity contribution is 6.37. The number of H-pyrrole nitrogens is 2. The molecule has 2 N–H and O–H groups in total. The Balaban J connectivity index is 1.32. The number of carbonyl (C=O) groups is 2. The Morgan fingerprint density at radius 2 is 1.08 bits per heavy atom. The minimum atomic E-state index is -0.810. The molecule has 0 spiro atoms. The van der Waals surface area contributed by atoms with Crippen LogP contribution in [0.15, 0.2) is 36.7 Å². The van der Waals surface area contributed by atoms with Gasteiger partial charge in [0.15, 0.2) is 0 Å². The van der Waals surface area contributed by atoms with Gasteiger partial charge in [-0.1, -0.05) is 23.2 Å². The zero-order valence-corrected chi connectivity index (χ0v) is 32.1. The van der Waals surface area contributed by atoms with Crippen LogP contribution in [0.2, 0.25) is 10.0 Å². The molecule has 50 heavy (non-hydrogen) atoms. The Morgan fingerprint density at radius 1 is 0.720 bits per heavy atom. The number of fused-ring (bicyclic) bond motifs is 2. The SMILES string of the molecule is CC(C)(C)OC(=O)N1[C@@H](Cc2c[nH]c3cc(Cl)c(-c4cc5c(C[C@H]6COC(C)(C)N6C(=O)OC(C)(C)C)c[nH]c5cc4Cl)cc23)COC1(C)C. The number of aromatic nitrogens is 2. The molecule has 270 valence electrons. The minimum absolute atomic E-state index is 0.231. The first kappa shape index (κ1) is 36.4. The molecule has 4 aromatic rings. The molecule has 2 aliphatic rings. The molecular weight excluding hydrogens is 679 g/mol. The molecule has 2 atom stereocenters. The number of carbonyl (C=O) groups excluding carboxylic acids is 2. The number of hydrogen-bond acceptors (Lipinski definition) is 6. The standard InChI is InChI=1S/C38H48Cl2N4O6/c1-35(2,3)49-33(45)43-23(19-47-37(43,7)8)11-21-17-41-31-15-29(39)27(13-25(21)31)28-14-26-22(18-42-32(26)16-30(28)40)12-24-20-48-38(9,10)44(24)34(46)50-36(4,5)6/h13-18,23-24,41-42H,11-12,19-20H2,1-10H3/t23-,24-/m0/s1. The minimum Gasteiger partial charge on any atom is -0.444 e. The first-order chi connectivity index (χ1) is 23.1. The molecule has 4 heterocycles. The molecule has 2 amide bonds. The number of nitrogens with zero attached hydrogens (tertiary/aromatic N) is 2. The van der Waals surface area contributed by atoms with E-state index in [0.29, 0.717) is 36.1 Å². The number of aromatic amines is 2. The van der Waals surface area contributed by atoms with Crippen LogP contribution in [0.5, 0.6) is 0 Å². The summed E-state index contributed by atoms with van der Waals surface area (Å²) in [6.07, 6.45) is 4.20. The van der Waals surface area contributed by atoms with Crippen LogP contribution in [-0.2, 0) is 31.8 Å². The quantitative estimate of drug-likeness (QED) is 0.212. The summed E-state index contributed by atoms with van der Waals surface area (Å²) in [5.74, 6) is 0. The highest BCUT2D eigenvalue weighted by Crippen LogP contribution is 2.41. The van der Waals surface area contributed by atoms with Gasteiger partial charge in [0.25, 0.3) is 0 Å². The summed E-state index contributed by atoms with van der Waals surface area (Å²) in [6.45, 7) is 19.4. The molecule has 2 aliphatic heterocycles. The third-order valence-corrected chi connectivity index (χ3v) is 9.87. The van der Waals surface area contributed by atoms with E-state index in [1.807, 2.05) is 93.8 Å². The summed E-state index contributed by atoms with van der Waals surface area (Å²) in [4.78, 5) is 36.7. The van der Waals surface area contributed by atoms with Crippen LogP contribution < -0.4 is 0 Å². The Hall–Kier alpha value is -3.44. The van der Waals surface area contributed by atoms with Crippen molar-refractivity contribution in [2.45, 2.75) is 117 Å². The average molecular weight is 728 g/mol. The summed E-state index contributed by atoms with van der Waals surface area (Å²) in [7, 11) is 0. The number of halogens is 2. The largest absolute Gasteiger partial charge is 0.444 e. The van der Waals surface area contributed by atoms with Crippen molar-refractivity contribution in [3.05, 3.63) is 57.8 Å². The maximum atomic E-state index is 13.3. The van der Waals surface area contributed by atoms with E-state index in [2.05, 4.69) is 22.1 Å². The second-order valence-electron chi connectivity index (χ2n) is 16.3. The van der Waals surface area contributed by atoms with Crippen molar-refractivity contribution in [2.24, 2.45) is 0 Å². The lowest BCUT2D eigenvalue weighted by atomic mass is 9.97. The maximum Gasteiger partial charge on any atom is 0.412 e. The Bertz CT molecular complexity index is 1810. The van der Waals surface area contributed by atoms with Crippen LogP contribution in [0, 0.1) is 0 Å². The van der Waals surface area contributed by atoms with Gasteiger partial charge in [-0.15, -0.1) is 0 Å². The number of benzene rings is 2. The molecule has 2 aromatic heterocycles. The lowest BCUT2D eigenvalue weighted by Gasteiger charge is -2.35. The van der Waals surface area contributed by atoms with Crippen LogP contribution >= 0.6 is 23.2 Å². The molecule has 0 unspecified atom stereocenters. The first-order valence-electron chi connectivity index (χ1n) is 17.1. The summed E-state index contributed by atoms with van der Waals surface area (Å²) in [5, 5.41) is 3.04. The molecule has 10 nitrogen and oxygen atoms in total. The predicted molar refractivity (Wildman–Crippen MR) is 197 cm³/mol. The fraction of sp³-hybridized carbons (Fsp3) is 0.526. The van der Waals surface area contributed by atoms with Crippen LogP contribution in [0.25, 0.3) is 32.9 Å². The van der Waals surface area contributed by atoms with Gasteiger partial charge in [0, 0.05) is 45.3 Å². The van der Waals surface area contributed by atoms with Crippen molar-refractivity contribution in [1.29, 1.82) is 0 Å². The fourth-order valence-corrected chi connectivity index (χ4v) is 7.62. The number of hydrogen-bond donors (Lipinski definition) is 2. The molecular formula is C38H48Cl2N4O6. The number of nitrogens with one attached hydrogen (secondary N) is 2. The van der Waals surface area contributed by atoms with E-state index < -0.39 is 34.8 Å². The molecule has 0 aliphatic carbocycles. The van der Waals surface area contributed by atoms with Crippen molar-refractivity contribution in [2.75, 3.05) is 13.2 Å². The smallest absolute Gasteiger partial charge is 0.412 e.